The van der Waals surface area contributed by atoms with E-state index in [0.29, 0.717) is 17.8 Å². The first-order valence-corrected chi connectivity index (χ1v) is 5.23. The number of urea groups is 1. The van der Waals surface area contributed by atoms with Gasteiger partial charge in [-0.3, -0.25) is 10.1 Å². The van der Waals surface area contributed by atoms with Gasteiger partial charge < -0.3 is 10.2 Å². The van der Waals surface area contributed by atoms with Crippen LogP contribution in [-0.4, -0.2) is 29.4 Å². The van der Waals surface area contributed by atoms with Crippen LogP contribution in [0.2, 0.25) is 0 Å². The molecule has 0 aliphatic heterocycles. The summed E-state index contributed by atoms with van der Waals surface area (Å²) >= 11 is 0. The zero-order valence-electron chi connectivity index (χ0n) is 10.1. The third kappa shape index (κ3) is 3.17. The minimum absolute atomic E-state index is 0.0179. The van der Waals surface area contributed by atoms with Crippen molar-refractivity contribution in [1.29, 1.82) is 0 Å². The van der Waals surface area contributed by atoms with Crippen LogP contribution >= 0.6 is 0 Å². The summed E-state index contributed by atoms with van der Waals surface area (Å²) in [7, 11) is 1.68. The number of anilines is 1. The van der Waals surface area contributed by atoms with Gasteiger partial charge in [-0.15, -0.1) is 0 Å². The highest BCUT2D eigenvalue weighted by Gasteiger charge is 2.11. The smallest absolute Gasteiger partial charge is 0.321 e. The summed E-state index contributed by atoms with van der Waals surface area (Å²) in [5, 5.41) is 13.2. The van der Waals surface area contributed by atoms with Crippen molar-refractivity contribution < 1.29 is 9.72 Å². The minimum atomic E-state index is -0.462. The van der Waals surface area contributed by atoms with Crippen LogP contribution in [0.15, 0.2) is 18.2 Å². The molecule has 1 aromatic rings. The molecule has 0 aliphatic rings. The van der Waals surface area contributed by atoms with Gasteiger partial charge in [0.25, 0.3) is 5.69 Å². The Kier molecular flexibility index (Phi) is 4.03. The zero-order valence-corrected chi connectivity index (χ0v) is 10.1. The fraction of sp³-hybridized carbons (Fsp3) is 0.364. The molecule has 0 heterocycles. The van der Waals surface area contributed by atoms with Crippen molar-refractivity contribution in [2.45, 2.75) is 13.8 Å². The van der Waals surface area contributed by atoms with Crippen molar-refractivity contribution >= 4 is 17.4 Å². The fourth-order valence-corrected chi connectivity index (χ4v) is 1.26. The van der Waals surface area contributed by atoms with Crippen LogP contribution in [0.5, 0.6) is 0 Å². The summed E-state index contributed by atoms with van der Waals surface area (Å²) in [6.07, 6.45) is 0. The number of non-ortho nitro benzene ring substituents is 1. The Balaban J connectivity index is 2.86. The van der Waals surface area contributed by atoms with Crippen LogP contribution in [0, 0.1) is 17.0 Å². The molecular formula is C11H15N3O3. The molecule has 0 aromatic heterocycles. The SMILES string of the molecule is CCN(C)C(=O)Nc1ccc([N+](=O)[O-])cc1C. The van der Waals surface area contributed by atoms with Crippen molar-refractivity contribution in [2.75, 3.05) is 18.9 Å². The maximum atomic E-state index is 11.6. The first-order valence-electron chi connectivity index (χ1n) is 5.23. The van der Waals surface area contributed by atoms with Gasteiger partial charge in [-0.05, 0) is 25.5 Å². The van der Waals surface area contributed by atoms with E-state index < -0.39 is 4.92 Å². The highest BCUT2D eigenvalue weighted by molar-refractivity contribution is 5.90. The van der Waals surface area contributed by atoms with Crippen LogP contribution < -0.4 is 5.32 Å². The van der Waals surface area contributed by atoms with E-state index in [9.17, 15) is 14.9 Å². The third-order valence-corrected chi connectivity index (χ3v) is 2.48. The van der Waals surface area contributed by atoms with Crippen molar-refractivity contribution in [1.82, 2.24) is 4.90 Å². The molecule has 0 bridgehead atoms. The molecule has 6 heteroatoms. The van der Waals surface area contributed by atoms with Gasteiger partial charge in [0.05, 0.1) is 4.92 Å². The number of nitro benzene ring substituents is 1. The van der Waals surface area contributed by atoms with Crippen LogP contribution in [0.4, 0.5) is 16.2 Å². The number of carbonyl (C=O) groups excluding carboxylic acids is 1. The van der Waals surface area contributed by atoms with E-state index in [2.05, 4.69) is 5.32 Å². The number of carbonyl (C=O) groups is 1. The van der Waals surface area contributed by atoms with E-state index in [1.807, 2.05) is 6.92 Å². The monoisotopic (exact) mass is 237 g/mol. The predicted molar refractivity (Wildman–Crippen MR) is 65.2 cm³/mol. The molecule has 0 unspecified atom stereocenters. The highest BCUT2D eigenvalue weighted by atomic mass is 16.6. The lowest BCUT2D eigenvalue weighted by Gasteiger charge is -2.16. The predicted octanol–water partition coefficient (Wildman–Crippen LogP) is 2.39. The lowest BCUT2D eigenvalue weighted by Crippen LogP contribution is -2.31. The largest absolute Gasteiger partial charge is 0.328 e. The summed E-state index contributed by atoms with van der Waals surface area (Å²) in [5.41, 5.74) is 1.27. The fourth-order valence-electron chi connectivity index (χ4n) is 1.26. The quantitative estimate of drug-likeness (QED) is 0.647. The Bertz CT molecular complexity index is 446. The Morgan fingerprint density at radius 3 is 2.65 bits per heavy atom. The lowest BCUT2D eigenvalue weighted by atomic mass is 10.2. The Morgan fingerprint density at radius 1 is 1.53 bits per heavy atom. The molecule has 92 valence electrons. The van der Waals surface area contributed by atoms with Gasteiger partial charge in [0.2, 0.25) is 0 Å². The van der Waals surface area contributed by atoms with Gasteiger partial charge in [-0.25, -0.2) is 4.79 Å². The maximum absolute atomic E-state index is 11.6. The molecule has 0 atom stereocenters. The molecule has 0 saturated carbocycles. The van der Waals surface area contributed by atoms with E-state index in [1.54, 1.807) is 14.0 Å². The zero-order chi connectivity index (χ0) is 13.0. The number of rotatable bonds is 3. The second kappa shape index (κ2) is 5.29. The number of nitro groups is 1. The van der Waals surface area contributed by atoms with Crippen LogP contribution in [0.3, 0.4) is 0 Å². The summed E-state index contributed by atoms with van der Waals surface area (Å²) in [6.45, 7) is 4.18. The number of benzene rings is 1. The Hall–Kier alpha value is -2.11. The number of nitrogens with zero attached hydrogens (tertiary/aromatic N) is 2. The first-order chi connectivity index (χ1) is 7.95. The molecule has 0 fully saturated rings. The topological polar surface area (TPSA) is 75.5 Å². The maximum Gasteiger partial charge on any atom is 0.321 e. The number of amides is 2. The summed E-state index contributed by atoms with van der Waals surface area (Å²) in [4.78, 5) is 23.2. The van der Waals surface area contributed by atoms with Crippen molar-refractivity contribution in [3.63, 3.8) is 0 Å². The van der Waals surface area contributed by atoms with Crippen molar-refractivity contribution in [3.05, 3.63) is 33.9 Å². The number of hydrogen-bond donors (Lipinski definition) is 1. The van der Waals surface area contributed by atoms with Gasteiger partial charge >= 0.3 is 6.03 Å². The second-order valence-electron chi connectivity index (χ2n) is 3.70. The number of hydrogen-bond acceptors (Lipinski definition) is 3. The Labute approximate surface area is 99.4 Å². The molecule has 0 spiro atoms. The molecule has 17 heavy (non-hydrogen) atoms. The van der Waals surface area contributed by atoms with E-state index in [1.165, 1.54) is 23.1 Å². The molecule has 2 amide bonds. The van der Waals surface area contributed by atoms with Crippen LogP contribution in [0.1, 0.15) is 12.5 Å². The number of nitrogens with one attached hydrogen (secondary N) is 1. The van der Waals surface area contributed by atoms with Crippen molar-refractivity contribution in [2.24, 2.45) is 0 Å². The lowest BCUT2D eigenvalue weighted by molar-refractivity contribution is -0.384. The van der Waals surface area contributed by atoms with Crippen LogP contribution in [0.25, 0.3) is 0 Å². The summed E-state index contributed by atoms with van der Waals surface area (Å²) < 4.78 is 0. The molecular weight excluding hydrogens is 222 g/mol. The Morgan fingerprint density at radius 2 is 2.18 bits per heavy atom. The summed E-state index contributed by atoms with van der Waals surface area (Å²) in [5.74, 6) is 0. The van der Waals surface area contributed by atoms with Gasteiger partial charge in [0.1, 0.15) is 0 Å². The highest BCUT2D eigenvalue weighted by Crippen LogP contribution is 2.21. The minimum Gasteiger partial charge on any atom is -0.328 e. The van der Waals surface area contributed by atoms with E-state index in [4.69, 9.17) is 0 Å². The van der Waals surface area contributed by atoms with Gasteiger partial charge in [-0.1, -0.05) is 0 Å². The molecule has 6 nitrogen and oxygen atoms in total. The molecule has 1 N–H and O–H groups in total. The van der Waals surface area contributed by atoms with E-state index >= 15 is 0 Å². The second-order valence-corrected chi connectivity index (χ2v) is 3.70. The molecule has 0 radical (unpaired) electrons. The van der Waals surface area contributed by atoms with Crippen LogP contribution in [-0.2, 0) is 0 Å². The summed E-state index contributed by atoms with van der Waals surface area (Å²) in [6, 6.07) is 4.11. The normalized spacial score (nSPS) is 9.82. The molecule has 0 aliphatic carbocycles. The van der Waals surface area contributed by atoms with Crippen molar-refractivity contribution in [3.8, 4) is 0 Å². The van der Waals surface area contributed by atoms with Gasteiger partial charge in [0.15, 0.2) is 0 Å². The number of aryl methyl sites for hydroxylation is 1. The molecule has 1 rings (SSSR count). The van der Waals surface area contributed by atoms with E-state index in [0.717, 1.165) is 0 Å². The average molecular weight is 237 g/mol. The van der Waals surface area contributed by atoms with Gasteiger partial charge in [-0.2, -0.15) is 0 Å². The molecule has 1 aromatic carbocycles. The average Bonchev–Trinajstić information content (AvgIpc) is 2.30. The third-order valence-electron chi connectivity index (χ3n) is 2.48. The van der Waals surface area contributed by atoms with E-state index in [-0.39, 0.29) is 11.7 Å². The standard InChI is InChI=1S/C11H15N3O3/c1-4-13(3)11(15)12-10-6-5-9(14(16)17)7-8(10)2/h5-7H,4H2,1-3H3,(H,12,15). The molecule has 0 saturated heterocycles. The first kappa shape index (κ1) is 13.0. The van der Waals surface area contributed by atoms with Gasteiger partial charge in [0, 0.05) is 31.4 Å².